The average Bonchev–Trinajstić information content (AvgIpc) is 2.02. The second kappa shape index (κ2) is 3.51. The van der Waals surface area contributed by atoms with Crippen molar-refractivity contribution in [2.75, 3.05) is 6.54 Å². The Morgan fingerprint density at radius 1 is 1.23 bits per heavy atom. The van der Waals surface area contributed by atoms with Gasteiger partial charge in [-0.1, -0.05) is 44.2 Å². The van der Waals surface area contributed by atoms with Gasteiger partial charge < -0.3 is 5.32 Å². The highest BCUT2D eigenvalue weighted by Crippen LogP contribution is 2.30. The van der Waals surface area contributed by atoms with Gasteiger partial charge in [-0.15, -0.1) is 0 Å². The van der Waals surface area contributed by atoms with Gasteiger partial charge >= 0.3 is 0 Å². The Balaban J connectivity index is 2.11. The Hall–Kier alpha value is -0.820. The van der Waals surface area contributed by atoms with Crippen LogP contribution >= 0.6 is 0 Å². The van der Waals surface area contributed by atoms with Crippen molar-refractivity contribution in [3.8, 4) is 0 Å². The molecule has 1 aromatic rings. The highest BCUT2D eigenvalue weighted by molar-refractivity contribution is 5.24. The van der Waals surface area contributed by atoms with Gasteiger partial charge in [0.2, 0.25) is 0 Å². The molecule has 1 saturated heterocycles. The number of nitrogens with one attached hydrogen (secondary N) is 1. The van der Waals surface area contributed by atoms with Crippen LogP contribution in [0.1, 0.15) is 25.3 Å². The largest absolute Gasteiger partial charge is 0.312 e. The number of benzene rings is 1. The number of hydrogen-bond donors (Lipinski definition) is 1. The molecule has 2 rings (SSSR count). The Labute approximate surface area is 80.2 Å². The fourth-order valence-corrected chi connectivity index (χ4v) is 2.10. The number of rotatable bonds is 2. The molecule has 1 heteroatoms. The summed E-state index contributed by atoms with van der Waals surface area (Å²) in [7, 11) is 0. The monoisotopic (exact) mass is 175 g/mol. The Kier molecular flexibility index (Phi) is 2.36. The van der Waals surface area contributed by atoms with E-state index in [1.165, 1.54) is 5.56 Å². The SMILES string of the molecule is CC(C)C1NCC1c1ccccc1. The topological polar surface area (TPSA) is 12.0 Å². The van der Waals surface area contributed by atoms with Crippen molar-refractivity contribution in [2.24, 2.45) is 5.92 Å². The van der Waals surface area contributed by atoms with Crippen molar-refractivity contribution in [1.29, 1.82) is 0 Å². The molecular weight excluding hydrogens is 158 g/mol. The molecule has 0 saturated carbocycles. The first-order chi connectivity index (χ1) is 6.29. The minimum Gasteiger partial charge on any atom is -0.312 e. The van der Waals surface area contributed by atoms with E-state index in [0.717, 1.165) is 18.4 Å². The molecule has 2 unspecified atom stereocenters. The summed E-state index contributed by atoms with van der Waals surface area (Å²) in [5.41, 5.74) is 1.49. The summed E-state index contributed by atoms with van der Waals surface area (Å²) in [6, 6.07) is 11.5. The molecule has 1 aliphatic rings. The van der Waals surface area contributed by atoms with E-state index in [2.05, 4.69) is 49.5 Å². The molecule has 0 bridgehead atoms. The van der Waals surface area contributed by atoms with Gasteiger partial charge in [-0.25, -0.2) is 0 Å². The molecule has 1 aromatic carbocycles. The van der Waals surface area contributed by atoms with Crippen LogP contribution in [-0.4, -0.2) is 12.6 Å². The van der Waals surface area contributed by atoms with Crippen LogP contribution in [0.15, 0.2) is 30.3 Å². The molecule has 13 heavy (non-hydrogen) atoms. The van der Waals surface area contributed by atoms with E-state index >= 15 is 0 Å². The smallest absolute Gasteiger partial charge is 0.0171 e. The second-order valence-corrected chi connectivity index (χ2v) is 4.20. The molecular formula is C12H17N. The first kappa shape index (κ1) is 8.76. The van der Waals surface area contributed by atoms with E-state index < -0.39 is 0 Å². The molecule has 0 spiro atoms. The normalized spacial score (nSPS) is 27.3. The molecule has 1 heterocycles. The average molecular weight is 175 g/mol. The van der Waals surface area contributed by atoms with Crippen LogP contribution in [0.2, 0.25) is 0 Å². The van der Waals surface area contributed by atoms with Crippen LogP contribution in [0, 0.1) is 5.92 Å². The van der Waals surface area contributed by atoms with Gasteiger partial charge in [0.1, 0.15) is 0 Å². The molecule has 2 atom stereocenters. The van der Waals surface area contributed by atoms with E-state index in [4.69, 9.17) is 0 Å². The standard InChI is InChI=1S/C12H17N/c1-9(2)12-11(8-13-12)10-6-4-3-5-7-10/h3-7,9,11-13H,8H2,1-2H3. The minimum absolute atomic E-state index is 0.683. The summed E-state index contributed by atoms with van der Waals surface area (Å²) >= 11 is 0. The van der Waals surface area contributed by atoms with Gasteiger partial charge in [0, 0.05) is 18.5 Å². The Morgan fingerprint density at radius 2 is 1.92 bits per heavy atom. The zero-order valence-corrected chi connectivity index (χ0v) is 8.33. The molecule has 1 nitrogen and oxygen atoms in total. The van der Waals surface area contributed by atoms with Crippen molar-refractivity contribution in [3.05, 3.63) is 35.9 Å². The molecule has 0 radical (unpaired) electrons. The summed E-state index contributed by atoms with van der Waals surface area (Å²) in [5.74, 6) is 1.47. The third-order valence-electron chi connectivity index (χ3n) is 2.95. The lowest BCUT2D eigenvalue weighted by Crippen LogP contribution is -2.53. The molecule has 0 aromatic heterocycles. The molecule has 0 aliphatic carbocycles. The van der Waals surface area contributed by atoms with Gasteiger partial charge in [0.05, 0.1) is 0 Å². The highest BCUT2D eigenvalue weighted by Gasteiger charge is 2.33. The van der Waals surface area contributed by atoms with Gasteiger partial charge in [0.25, 0.3) is 0 Å². The fraction of sp³-hybridized carbons (Fsp3) is 0.500. The van der Waals surface area contributed by atoms with Crippen molar-refractivity contribution in [3.63, 3.8) is 0 Å². The number of hydrogen-bond acceptors (Lipinski definition) is 1. The van der Waals surface area contributed by atoms with E-state index in [9.17, 15) is 0 Å². The quantitative estimate of drug-likeness (QED) is 0.727. The van der Waals surface area contributed by atoms with Crippen molar-refractivity contribution in [1.82, 2.24) is 5.32 Å². The molecule has 1 fully saturated rings. The van der Waals surface area contributed by atoms with E-state index in [1.807, 2.05) is 0 Å². The van der Waals surface area contributed by atoms with Crippen LogP contribution in [0.3, 0.4) is 0 Å². The van der Waals surface area contributed by atoms with Crippen LogP contribution in [-0.2, 0) is 0 Å². The third kappa shape index (κ3) is 1.61. The lowest BCUT2D eigenvalue weighted by Gasteiger charge is -2.41. The van der Waals surface area contributed by atoms with Gasteiger partial charge in [-0.3, -0.25) is 0 Å². The fourth-order valence-electron chi connectivity index (χ4n) is 2.10. The Bertz CT molecular complexity index is 266. The molecule has 1 N–H and O–H groups in total. The van der Waals surface area contributed by atoms with Crippen molar-refractivity contribution in [2.45, 2.75) is 25.8 Å². The van der Waals surface area contributed by atoms with Crippen molar-refractivity contribution < 1.29 is 0 Å². The van der Waals surface area contributed by atoms with Gasteiger partial charge in [0.15, 0.2) is 0 Å². The lowest BCUT2D eigenvalue weighted by molar-refractivity contribution is 0.243. The first-order valence-electron chi connectivity index (χ1n) is 5.07. The maximum absolute atomic E-state index is 3.49. The predicted molar refractivity (Wildman–Crippen MR) is 55.8 cm³/mol. The summed E-state index contributed by atoms with van der Waals surface area (Å²) in [4.78, 5) is 0. The molecule has 70 valence electrons. The lowest BCUT2D eigenvalue weighted by atomic mass is 9.79. The predicted octanol–water partition coefficient (Wildman–Crippen LogP) is 2.40. The van der Waals surface area contributed by atoms with Crippen LogP contribution < -0.4 is 5.32 Å². The molecule has 0 amide bonds. The zero-order chi connectivity index (χ0) is 9.26. The van der Waals surface area contributed by atoms with Crippen molar-refractivity contribution >= 4 is 0 Å². The summed E-state index contributed by atoms with van der Waals surface area (Å²) in [6.07, 6.45) is 0. The van der Waals surface area contributed by atoms with Crippen LogP contribution in [0.4, 0.5) is 0 Å². The summed E-state index contributed by atoms with van der Waals surface area (Å²) in [5, 5.41) is 3.49. The highest BCUT2D eigenvalue weighted by atomic mass is 15.0. The van der Waals surface area contributed by atoms with Gasteiger partial charge in [-0.05, 0) is 11.5 Å². The maximum Gasteiger partial charge on any atom is 0.0171 e. The van der Waals surface area contributed by atoms with E-state index in [1.54, 1.807) is 0 Å². The Morgan fingerprint density at radius 3 is 2.38 bits per heavy atom. The minimum atomic E-state index is 0.683. The van der Waals surface area contributed by atoms with Crippen LogP contribution in [0.5, 0.6) is 0 Å². The van der Waals surface area contributed by atoms with E-state index in [-0.39, 0.29) is 0 Å². The maximum atomic E-state index is 3.49. The summed E-state index contributed by atoms with van der Waals surface area (Å²) in [6.45, 7) is 5.71. The van der Waals surface area contributed by atoms with Gasteiger partial charge in [-0.2, -0.15) is 0 Å². The van der Waals surface area contributed by atoms with Crippen LogP contribution in [0.25, 0.3) is 0 Å². The van der Waals surface area contributed by atoms with E-state index in [0.29, 0.717) is 6.04 Å². The summed E-state index contributed by atoms with van der Waals surface area (Å²) < 4.78 is 0. The molecule has 1 aliphatic heterocycles. The zero-order valence-electron chi connectivity index (χ0n) is 8.33. The third-order valence-corrected chi connectivity index (χ3v) is 2.95. The first-order valence-corrected chi connectivity index (χ1v) is 5.07. The second-order valence-electron chi connectivity index (χ2n) is 4.20.